The minimum absolute atomic E-state index is 0.171. The van der Waals surface area contributed by atoms with Crippen LogP contribution in [0.25, 0.3) is 0 Å². The molecule has 1 atom stereocenters. The van der Waals surface area contributed by atoms with Crippen molar-refractivity contribution in [1.82, 2.24) is 5.32 Å². The molecule has 0 spiro atoms. The maximum absolute atomic E-state index is 11.8. The monoisotopic (exact) mass is 250 g/mol. The van der Waals surface area contributed by atoms with Crippen LogP contribution in [0.3, 0.4) is 0 Å². The minimum atomic E-state index is -0.846. The van der Waals surface area contributed by atoms with Gasteiger partial charge in [0, 0.05) is 18.7 Å². The van der Waals surface area contributed by atoms with Gasteiger partial charge in [-0.3, -0.25) is 4.79 Å². The molecule has 100 valence electrons. The van der Waals surface area contributed by atoms with Crippen molar-refractivity contribution in [2.75, 3.05) is 6.54 Å². The van der Waals surface area contributed by atoms with E-state index in [2.05, 4.69) is 5.32 Å². The number of hydrogen-bond acceptors (Lipinski definition) is 3. The Labute approximate surface area is 108 Å². The van der Waals surface area contributed by atoms with Crippen LogP contribution in [-0.4, -0.2) is 23.2 Å². The highest BCUT2D eigenvalue weighted by molar-refractivity contribution is 5.94. The first-order chi connectivity index (χ1) is 8.48. The predicted molar refractivity (Wildman–Crippen MR) is 72.2 cm³/mol. The normalized spacial score (nSPS) is 14.0. The van der Waals surface area contributed by atoms with Crippen LogP contribution >= 0.6 is 0 Å². The second-order valence-electron chi connectivity index (χ2n) is 4.83. The summed E-state index contributed by atoms with van der Waals surface area (Å²) in [4.78, 5) is 11.8. The molecular formula is C14H22N2O2. The molecule has 1 aromatic carbocycles. The van der Waals surface area contributed by atoms with Gasteiger partial charge in [0.1, 0.15) is 0 Å². The van der Waals surface area contributed by atoms with Crippen LogP contribution in [0.2, 0.25) is 0 Å². The van der Waals surface area contributed by atoms with E-state index in [4.69, 9.17) is 5.73 Å². The third-order valence-electron chi connectivity index (χ3n) is 2.87. The Morgan fingerprint density at radius 2 is 2.00 bits per heavy atom. The largest absolute Gasteiger partial charge is 0.388 e. The van der Waals surface area contributed by atoms with Crippen molar-refractivity contribution >= 4 is 5.91 Å². The Morgan fingerprint density at radius 1 is 1.39 bits per heavy atom. The summed E-state index contributed by atoms with van der Waals surface area (Å²) in [6.07, 6.45) is 1.55. The maximum Gasteiger partial charge on any atom is 0.251 e. The van der Waals surface area contributed by atoms with Gasteiger partial charge in [-0.05, 0) is 31.0 Å². The fourth-order valence-electron chi connectivity index (χ4n) is 1.79. The average molecular weight is 250 g/mol. The third kappa shape index (κ3) is 4.47. The number of nitrogens with one attached hydrogen (secondary N) is 1. The molecule has 0 saturated carbocycles. The van der Waals surface area contributed by atoms with Gasteiger partial charge in [-0.25, -0.2) is 0 Å². The Kier molecular flexibility index (Phi) is 5.31. The van der Waals surface area contributed by atoms with E-state index in [0.717, 1.165) is 12.0 Å². The third-order valence-corrected chi connectivity index (χ3v) is 2.87. The fourth-order valence-corrected chi connectivity index (χ4v) is 1.79. The SMILES string of the molecule is CCCC(C)(O)CNC(=O)c1ccc(CN)cc1. The molecule has 0 aliphatic rings. The summed E-state index contributed by atoms with van der Waals surface area (Å²) in [5.41, 5.74) is 6.22. The van der Waals surface area contributed by atoms with Crippen LogP contribution in [-0.2, 0) is 6.54 Å². The Balaban J connectivity index is 2.54. The van der Waals surface area contributed by atoms with E-state index in [1.165, 1.54) is 0 Å². The molecule has 4 nitrogen and oxygen atoms in total. The van der Waals surface area contributed by atoms with Crippen LogP contribution in [0.1, 0.15) is 42.6 Å². The Hall–Kier alpha value is -1.39. The lowest BCUT2D eigenvalue weighted by molar-refractivity contribution is 0.0469. The lowest BCUT2D eigenvalue weighted by Gasteiger charge is -2.22. The second kappa shape index (κ2) is 6.52. The molecule has 0 fully saturated rings. The smallest absolute Gasteiger partial charge is 0.251 e. The fraction of sp³-hybridized carbons (Fsp3) is 0.500. The zero-order valence-electron chi connectivity index (χ0n) is 11.1. The number of benzene rings is 1. The zero-order chi connectivity index (χ0) is 13.6. The minimum Gasteiger partial charge on any atom is -0.388 e. The molecule has 0 aliphatic carbocycles. The summed E-state index contributed by atoms with van der Waals surface area (Å²) in [6.45, 7) is 4.46. The number of rotatable bonds is 6. The lowest BCUT2D eigenvalue weighted by atomic mass is 10.0. The van der Waals surface area contributed by atoms with Gasteiger partial charge in [-0.15, -0.1) is 0 Å². The van der Waals surface area contributed by atoms with Gasteiger partial charge >= 0.3 is 0 Å². The van der Waals surface area contributed by atoms with Crippen molar-refractivity contribution in [3.05, 3.63) is 35.4 Å². The zero-order valence-corrected chi connectivity index (χ0v) is 11.1. The number of aliphatic hydroxyl groups is 1. The Morgan fingerprint density at radius 3 is 2.50 bits per heavy atom. The Bertz CT molecular complexity index is 385. The number of hydrogen-bond donors (Lipinski definition) is 3. The quantitative estimate of drug-likeness (QED) is 0.715. The van der Waals surface area contributed by atoms with E-state index in [9.17, 15) is 9.90 Å². The van der Waals surface area contributed by atoms with Crippen molar-refractivity contribution in [1.29, 1.82) is 0 Å². The molecule has 0 aromatic heterocycles. The van der Waals surface area contributed by atoms with E-state index >= 15 is 0 Å². The molecule has 0 heterocycles. The van der Waals surface area contributed by atoms with Gasteiger partial charge in [-0.2, -0.15) is 0 Å². The summed E-state index contributed by atoms with van der Waals surface area (Å²) in [5.74, 6) is -0.171. The molecule has 1 aromatic rings. The van der Waals surface area contributed by atoms with Gasteiger partial charge in [0.15, 0.2) is 0 Å². The summed E-state index contributed by atoms with van der Waals surface area (Å²) in [7, 11) is 0. The van der Waals surface area contributed by atoms with E-state index in [1.807, 2.05) is 19.1 Å². The summed E-state index contributed by atoms with van der Waals surface area (Å²) < 4.78 is 0. The molecule has 1 rings (SSSR count). The van der Waals surface area contributed by atoms with Gasteiger partial charge in [0.05, 0.1) is 5.60 Å². The van der Waals surface area contributed by atoms with Crippen LogP contribution in [0.4, 0.5) is 0 Å². The van der Waals surface area contributed by atoms with Gasteiger partial charge in [-0.1, -0.05) is 25.5 Å². The van der Waals surface area contributed by atoms with Gasteiger partial charge < -0.3 is 16.2 Å². The standard InChI is InChI=1S/C14H22N2O2/c1-3-8-14(2,18)10-16-13(17)12-6-4-11(9-15)5-7-12/h4-7,18H,3,8-10,15H2,1-2H3,(H,16,17). The molecule has 0 bridgehead atoms. The summed E-state index contributed by atoms with van der Waals surface area (Å²) in [5, 5.41) is 12.7. The van der Waals surface area contributed by atoms with Crippen LogP contribution in [0.15, 0.2) is 24.3 Å². The van der Waals surface area contributed by atoms with Crippen molar-refractivity contribution < 1.29 is 9.90 Å². The highest BCUT2D eigenvalue weighted by Gasteiger charge is 2.20. The first-order valence-corrected chi connectivity index (χ1v) is 6.28. The molecule has 1 amide bonds. The molecule has 4 N–H and O–H groups in total. The molecule has 4 heteroatoms. The molecule has 0 aliphatic heterocycles. The molecular weight excluding hydrogens is 228 g/mol. The topological polar surface area (TPSA) is 75.3 Å². The number of amides is 1. The summed E-state index contributed by atoms with van der Waals surface area (Å²) in [6, 6.07) is 7.15. The van der Waals surface area contributed by atoms with Crippen LogP contribution < -0.4 is 11.1 Å². The second-order valence-corrected chi connectivity index (χ2v) is 4.83. The molecule has 1 unspecified atom stereocenters. The number of carbonyl (C=O) groups excluding carboxylic acids is 1. The predicted octanol–water partition coefficient (Wildman–Crippen LogP) is 1.43. The first kappa shape index (κ1) is 14.7. The van der Waals surface area contributed by atoms with Crippen molar-refractivity contribution in [3.8, 4) is 0 Å². The number of carbonyl (C=O) groups is 1. The van der Waals surface area contributed by atoms with E-state index in [-0.39, 0.29) is 12.5 Å². The van der Waals surface area contributed by atoms with Crippen molar-refractivity contribution in [3.63, 3.8) is 0 Å². The summed E-state index contributed by atoms with van der Waals surface area (Å²) >= 11 is 0. The number of nitrogens with two attached hydrogens (primary N) is 1. The van der Waals surface area contributed by atoms with Crippen LogP contribution in [0, 0.1) is 0 Å². The van der Waals surface area contributed by atoms with E-state index in [0.29, 0.717) is 18.5 Å². The van der Waals surface area contributed by atoms with Gasteiger partial charge in [0.25, 0.3) is 5.91 Å². The highest BCUT2D eigenvalue weighted by atomic mass is 16.3. The van der Waals surface area contributed by atoms with Crippen molar-refractivity contribution in [2.45, 2.75) is 38.8 Å². The van der Waals surface area contributed by atoms with E-state index in [1.54, 1.807) is 19.1 Å². The molecule has 0 saturated heterocycles. The van der Waals surface area contributed by atoms with Gasteiger partial charge in [0.2, 0.25) is 0 Å². The van der Waals surface area contributed by atoms with Crippen LogP contribution in [0.5, 0.6) is 0 Å². The first-order valence-electron chi connectivity index (χ1n) is 6.28. The average Bonchev–Trinajstić information content (AvgIpc) is 2.36. The van der Waals surface area contributed by atoms with E-state index < -0.39 is 5.60 Å². The van der Waals surface area contributed by atoms with Crippen molar-refractivity contribution in [2.24, 2.45) is 5.73 Å². The maximum atomic E-state index is 11.8. The lowest BCUT2D eigenvalue weighted by Crippen LogP contribution is -2.40. The molecule has 0 radical (unpaired) electrons. The molecule has 18 heavy (non-hydrogen) atoms. The highest BCUT2D eigenvalue weighted by Crippen LogP contribution is 2.10.